The minimum absolute atomic E-state index is 0.154. The third-order valence-corrected chi connectivity index (χ3v) is 3.89. The maximum Gasteiger partial charge on any atom is 0.162 e. The van der Waals surface area contributed by atoms with Crippen LogP contribution in [0.15, 0.2) is 12.1 Å². The molecule has 112 valence electrons. The van der Waals surface area contributed by atoms with Crippen molar-refractivity contribution >= 4 is 11.4 Å². The molecule has 4 N–H and O–H groups in total. The molecule has 1 aliphatic rings. The fourth-order valence-corrected chi connectivity index (χ4v) is 2.75. The van der Waals surface area contributed by atoms with E-state index in [-0.39, 0.29) is 6.10 Å². The Hall–Kier alpha value is -1.62. The van der Waals surface area contributed by atoms with Crippen LogP contribution in [-0.2, 0) is 0 Å². The van der Waals surface area contributed by atoms with E-state index in [2.05, 4.69) is 5.32 Å². The van der Waals surface area contributed by atoms with Gasteiger partial charge in [0.2, 0.25) is 0 Å². The second-order valence-electron chi connectivity index (χ2n) is 5.36. The van der Waals surface area contributed by atoms with Gasteiger partial charge >= 0.3 is 0 Å². The first-order valence-electron chi connectivity index (χ1n) is 7.07. The second-order valence-corrected chi connectivity index (χ2v) is 5.36. The Bertz CT molecular complexity index is 451. The summed E-state index contributed by atoms with van der Waals surface area (Å²) in [6, 6.07) is 3.62. The maximum atomic E-state index is 9.69. The number of hydrogen-bond acceptors (Lipinski definition) is 5. The van der Waals surface area contributed by atoms with Gasteiger partial charge in [-0.25, -0.2) is 0 Å². The zero-order valence-corrected chi connectivity index (χ0v) is 12.2. The third kappa shape index (κ3) is 3.48. The van der Waals surface area contributed by atoms with E-state index in [1.807, 2.05) is 6.07 Å². The fraction of sp³-hybridized carbons (Fsp3) is 0.600. The van der Waals surface area contributed by atoms with Crippen molar-refractivity contribution in [2.45, 2.75) is 31.8 Å². The highest BCUT2D eigenvalue weighted by Gasteiger charge is 2.20. The van der Waals surface area contributed by atoms with Crippen LogP contribution in [0.25, 0.3) is 0 Å². The Morgan fingerprint density at radius 1 is 1.25 bits per heavy atom. The number of methoxy groups -OCH3 is 2. The van der Waals surface area contributed by atoms with E-state index < -0.39 is 0 Å². The fourth-order valence-electron chi connectivity index (χ4n) is 2.75. The van der Waals surface area contributed by atoms with E-state index >= 15 is 0 Å². The van der Waals surface area contributed by atoms with Crippen molar-refractivity contribution in [1.82, 2.24) is 0 Å². The van der Waals surface area contributed by atoms with Gasteiger partial charge in [-0.15, -0.1) is 0 Å². The summed E-state index contributed by atoms with van der Waals surface area (Å²) in [6.07, 6.45) is 3.87. The van der Waals surface area contributed by atoms with Gasteiger partial charge in [0, 0.05) is 18.7 Å². The molecule has 0 amide bonds. The quantitative estimate of drug-likeness (QED) is 0.721. The average molecular weight is 280 g/mol. The van der Waals surface area contributed by atoms with Crippen molar-refractivity contribution in [3.05, 3.63) is 12.1 Å². The van der Waals surface area contributed by atoms with Gasteiger partial charge in [0.15, 0.2) is 11.5 Å². The molecule has 0 spiro atoms. The summed E-state index contributed by atoms with van der Waals surface area (Å²) in [5.74, 6) is 1.78. The van der Waals surface area contributed by atoms with E-state index in [0.29, 0.717) is 23.1 Å². The number of hydrogen-bond donors (Lipinski definition) is 3. The van der Waals surface area contributed by atoms with Gasteiger partial charge in [0.05, 0.1) is 31.7 Å². The minimum atomic E-state index is -0.154. The number of aliphatic hydroxyl groups excluding tert-OH is 1. The van der Waals surface area contributed by atoms with Crippen LogP contribution in [0.3, 0.4) is 0 Å². The molecule has 1 saturated carbocycles. The van der Waals surface area contributed by atoms with Crippen LogP contribution in [0.2, 0.25) is 0 Å². The predicted molar refractivity (Wildman–Crippen MR) is 80.4 cm³/mol. The average Bonchev–Trinajstić information content (AvgIpc) is 2.45. The Balaban J connectivity index is 2.01. The van der Waals surface area contributed by atoms with Crippen molar-refractivity contribution in [2.75, 3.05) is 31.8 Å². The van der Waals surface area contributed by atoms with E-state index in [9.17, 15) is 5.11 Å². The summed E-state index contributed by atoms with van der Waals surface area (Å²) in [5, 5.41) is 13.1. The minimum Gasteiger partial charge on any atom is -0.493 e. The van der Waals surface area contributed by atoms with Crippen LogP contribution >= 0.6 is 0 Å². The zero-order chi connectivity index (χ0) is 14.5. The molecule has 0 radical (unpaired) electrons. The van der Waals surface area contributed by atoms with Gasteiger partial charge in [0.25, 0.3) is 0 Å². The number of benzene rings is 1. The van der Waals surface area contributed by atoms with Crippen LogP contribution in [0, 0.1) is 5.92 Å². The first-order valence-corrected chi connectivity index (χ1v) is 7.07. The molecule has 1 fully saturated rings. The van der Waals surface area contributed by atoms with Crippen LogP contribution in [-0.4, -0.2) is 32.0 Å². The molecule has 5 heteroatoms. The van der Waals surface area contributed by atoms with Crippen molar-refractivity contribution in [3.8, 4) is 11.5 Å². The summed E-state index contributed by atoms with van der Waals surface area (Å²) >= 11 is 0. The van der Waals surface area contributed by atoms with Crippen LogP contribution in [0.5, 0.6) is 11.5 Å². The topological polar surface area (TPSA) is 76.7 Å². The molecule has 0 heterocycles. The molecule has 20 heavy (non-hydrogen) atoms. The van der Waals surface area contributed by atoms with Crippen LogP contribution in [0.1, 0.15) is 25.7 Å². The second kappa shape index (κ2) is 6.70. The highest BCUT2D eigenvalue weighted by molar-refractivity contribution is 5.72. The van der Waals surface area contributed by atoms with Crippen molar-refractivity contribution in [3.63, 3.8) is 0 Å². The molecule has 5 nitrogen and oxygen atoms in total. The van der Waals surface area contributed by atoms with Gasteiger partial charge < -0.3 is 25.6 Å². The molecule has 0 aromatic heterocycles. The molecule has 0 saturated heterocycles. The lowest BCUT2D eigenvalue weighted by molar-refractivity contribution is 0.105. The molecular weight excluding hydrogens is 256 g/mol. The summed E-state index contributed by atoms with van der Waals surface area (Å²) in [6.45, 7) is 0.816. The third-order valence-electron chi connectivity index (χ3n) is 3.89. The largest absolute Gasteiger partial charge is 0.493 e. The smallest absolute Gasteiger partial charge is 0.162 e. The van der Waals surface area contributed by atoms with Crippen LogP contribution in [0.4, 0.5) is 11.4 Å². The van der Waals surface area contributed by atoms with Gasteiger partial charge in [-0.2, -0.15) is 0 Å². The van der Waals surface area contributed by atoms with E-state index in [1.165, 1.54) is 0 Å². The Labute approximate surface area is 120 Å². The summed E-state index contributed by atoms with van der Waals surface area (Å²) in [7, 11) is 3.20. The Kier molecular flexibility index (Phi) is 4.95. The number of ether oxygens (including phenoxy) is 2. The molecule has 0 bridgehead atoms. The SMILES string of the molecule is COc1cc(N)c(NCC2CCCC(O)C2)cc1OC. The van der Waals surface area contributed by atoms with Gasteiger partial charge in [-0.05, 0) is 25.2 Å². The first-order chi connectivity index (χ1) is 9.63. The van der Waals surface area contributed by atoms with Crippen molar-refractivity contribution < 1.29 is 14.6 Å². The summed E-state index contributed by atoms with van der Waals surface area (Å²) in [4.78, 5) is 0. The standard InChI is InChI=1S/C15H24N2O3/c1-19-14-7-12(16)13(8-15(14)20-2)17-9-10-4-3-5-11(18)6-10/h7-8,10-11,17-18H,3-6,9,16H2,1-2H3. The number of rotatable bonds is 5. The van der Waals surface area contributed by atoms with Gasteiger partial charge in [-0.3, -0.25) is 0 Å². The first kappa shape index (κ1) is 14.8. The lowest BCUT2D eigenvalue weighted by atomic mass is 9.87. The van der Waals surface area contributed by atoms with E-state index in [1.54, 1.807) is 20.3 Å². The molecule has 0 aliphatic heterocycles. The zero-order valence-electron chi connectivity index (χ0n) is 12.2. The molecule has 2 rings (SSSR count). The molecule has 1 aliphatic carbocycles. The number of nitrogens with two attached hydrogens (primary N) is 1. The number of aliphatic hydroxyl groups is 1. The Morgan fingerprint density at radius 2 is 1.95 bits per heavy atom. The molecule has 2 unspecified atom stereocenters. The molecular formula is C15H24N2O3. The van der Waals surface area contributed by atoms with Crippen molar-refractivity contribution in [1.29, 1.82) is 0 Å². The van der Waals surface area contributed by atoms with Gasteiger partial charge in [-0.1, -0.05) is 6.42 Å². The number of nitrogen functional groups attached to an aromatic ring is 1. The highest BCUT2D eigenvalue weighted by Crippen LogP contribution is 2.35. The summed E-state index contributed by atoms with van der Waals surface area (Å²) < 4.78 is 10.5. The van der Waals surface area contributed by atoms with E-state index in [0.717, 1.165) is 37.9 Å². The maximum absolute atomic E-state index is 9.69. The predicted octanol–water partition coefficient (Wildman–Crippen LogP) is 2.25. The number of nitrogens with one attached hydrogen (secondary N) is 1. The lowest BCUT2D eigenvalue weighted by Gasteiger charge is -2.26. The normalized spacial score (nSPS) is 22.4. The monoisotopic (exact) mass is 280 g/mol. The molecule has 2 atom stereocenters. The van der Waals surface area contributed by atoms with Gasteiger partial charge in [0.1, 0.15) is 0 Å². The lowest BCUT2D eigenvalue weighted by Crippen LogP contribution is -2.25. The molecule has 1 aromatic carbocycles. The summed E-state index contributed by atoms with van der Waals surface area (Å²) in [5.41, 5.74) is 7.50. The Morgan fingerprint density at radius 3 is 2.60 bits per heavy atom. The van der Waals surface area contributed by atoms with E-state index in [4.69, 9.17) is 15.2 Å². The molecule has 1 aromatic rings. The number of anilines is 2. The van der Waals surface area contributed by atoms with Crippen molar-refractivity contribution in [2.24, 2.45) is 5.92 Å². The highest BCUT2D eigenvalue weighted by atomic mass is 16.5. The van der Waals surface area contributed by atoms with Crippen LogP contribution < -0.4 is 20.5 Å².